The average Bonchev–Trinajstić information content (AvgIpc) is 3.29. The largest absolute Gasteiger partial charge is 0.481 e. The van der Waals surface area contributed by atoms with Gasteiger partial charge in [-0.1, -0.05) is 50.2 Å². The van der Waals surface area contributed by atoms with Gasteiger partial charge in [-0.3, -0.25) is 19.2 Å². The molecule has 216 valence electrons. The van der Waals surface area contributed by atoms with E-state index >= 15 is 0 Å². The smallest absolute Gasteiger partial charge is 0.322 e. The van der Waals surface area contributed by atoms with Crippen LogP contribution < -0.4 is 21.7 Å². The zero-order valence-electron chi connectivity index (χ0n) is 22.8. The Hall–Kier alpha value is -4.87. The fourth-order valence-electron chi connectivity index (χ4n) is 5.01. The number of carboxylic acids is 1. The number of benzene rings is 2. The van der Waals surface area contributed by atoms with Crippen LogP contribution in [0.25, 0.3) is 10.9 Å². The van der Waals surface area contributed by atoms with Crippen molar-refractivity contribution in [1.82, 2.24) is 20.5 Å². The maximum Gasteiger partial charge on any atom is 0.322 e. The number of nitrogens with two attached hydrogens (primary N) is 1. The number of hydrogen-bond donors (Lipinski definition) is 6. The molecule has 0 radical (unpaired) electrons. The molecule has 2 aromatic carbocycles. The van der Waals surface area contributed by atoms with Gasteiger partial charge in [-0.15, -0.1) is 0 Å². The number of amides is 5. The number of urea groups is 1. The van der Waals surface area contributed by atoms with Crippen molar-refractivity contribution in [3.8, 4) is 0 Å². The summed E-state index contributed by atoms with van der Waals surface area (Å²) in [7, 11) is 0. The first-order valence-corrected chi connectivity index (χ1v) is 13.4. The fraction of sp³-hybridized carbons (Fsp3) is 0.345. The maximum absolute atomic E-state index is 13.8. The summed E-state index contributed by atoms with van der Waals surface area (Å²) in [5, 5.41) is 18.0. The first-order chi connectivity index (χ1) is 19.5. The first-order valence-electron chi connectivity index (χ1n) is 13.4. The van der Waals surface area contributed by atoms with Gasteiger partial charge in [-0.25, -0.2) is 4.79 Å². The van der Waals surface area contributed by atoms with Gasteiger partial charge in [0.05, 0.1) is 13.0 Å². The second-order valence-electron chi connectivity index (χ2n) is 10.5. The van der Waals surface area contributed by atoms with Gasteiger partial charge in [0.2, 0.25) is 17.7 Å². The Morgan fingerprint density at radius 2 is 1.68 bits per heavy atom. The molecular weight excluding hydrogens is 528 g/mol. The van der Waals surface area contributed by atoms with Gasteiger partial charge in [0, 0.05) is 28.7 Å². The Morgan fingerprint density at radius 1 is 1.00 bits per heavy atom. The predicted octanol–water partition coefficient (Wildman–Crippen LogP) is 2.10. The minimum Gasteiger partial charge on any atom is -0.481 e. The summed E-state index contributed by atoms with van der Waals surface area (Å²) in [5.41, 5.74) is 8.46. The van der Waals surface area contributed by atoms with Crippen LogP contribution in [0.15, 0.2) is 54.6 Å². The van der Waals surface area contributed by atoms with Crippen LogP contribution in [0, 0.1) is 5.92 Å². The number of anilines is 1. The molecule has 12 heteroatoms. The third-order valence-electron chi connectivity index (χ3n) is 6.97. The van der Waals surface area contributed by atoms with Crippen LogP contribution in [0.3, 0.4) is 0 Å². The summed E-state index contributed by atoms with van der Waals surface area (Å²) in [5.74, 6) is -3.64. The number of primary amides is 1. The summed E-state index contributed by atoms with van der Waals surface area (Å²) in [4.78, 5) is 68.1. The summed E-state index contributed by atoms with van der Waals surface area (Å²) in [6, 6.07) is 12.5. The topological polar surface area (TPSA) is 187 Å². The van der Waals surface area contributed by atoms with E-state index in [2.05, 4.69) is 20.9 Å². The van der Waals surface area contributed by atoms with E-state index in [9.17, 15) is 24.0 Å². The van der Waals surface area contributed by atoms with Gasteiger partial charge in [0.1, 0.15) is 18.1 Å². The number of fused-ring (bicyclic) bond motifs is 3. The highest BCUT2D eigenvalue weighted by Gasteiger charge is 2.38. The van der Waals surface area contributed by atoms with Gasteiger partial charge in [-0.2, -0.15) is 0 Å². The highest BCUT2D eigenvalue weighted by molar-refractivity contribution is 5.98. The van der Waals surface area contributed by atoms with Crippen molar-refractivity contribution in [2.45, 2.75) is 57.8 Å². The molecule has 0 aliphatic carbocycles. The number of para-hydroxylation sites is 2. The molecule has 1 aliphatic heterocycles. The monoisotopic (exact) mass is 562 g/mol. The molecular formula is C29H34N6O6. The summed E-state index contributed by atoms with van der Waals surface area (Å²) >= 11 is 0. The number of aromatic amines is 1. The lowest BCUT2D eigenvalue weighted by molar-refractivity contribution is -0.140. The molecule has 0 bridgehead atoms. The van der Waals surface area contributed by atoms with Crippen LogP contribution in [-0.4, -0.2) is 62.8 Å². The number of nitrogens with one attached hydrogen (secondary N) is 4. The van der Waals surface area contributed by atoms with Gasteiger partial charge in [-0.05, 0) is 36.1 Å². The Bertz CT molecular complexity index is 1450. The van der Waals surface area contributed by atoms with E-state index in [1.807, 2.05) is 44.2 Å². The number of H-pyrrole nitrogens is 1. The van der Waals surface area contributed by atoms with E-state index in [4.69, 9.17) is 10.8 Å². The van der Waals surface area contributed by atoms with E-state index < -0.39 is 54.3 Å². The number of carboxylic acid groups (broad SMARTS) is 1. The Morgan fingerprint density at radius 3 is 2.34 bits per heavy atom. The Balaban J connectivity index is 1.61. The molecule has 41 heavy (non-hydrogen) atoms. The third-order valence-corrected chi connectivity index (χ3v) is 6.97. The molecule has 0 saturated heterocycles. The molecule has 2 heterocycles. The molecule has 0 unspecified atom stereocenters. The summed E-state index contributed by atoms with van der Waals surface area (Å²) in [6.45, 7) is 3.84. The highest BCUT2D eigenvalue weighted by atomic mass is 16.4. The predicted molar refractivity (Wildman–Crippen MR) is 152 cm³/mol. The van der Waals surface area contributed by atoms with E-state index in [1.165, 1.54) is 4.90 Å². The molecule has 4 rings (SSSR count). The lowest BCUT2D eigenvalue weighted by Crippen LogP contribution is -2.59. The van der Waals surface area contributed by atoms with Crippen molar-refractivity contribution in [2.24, 2.45) is 11.7 Å². The summed E-state index contributed by atoms with van der Waals surface area (Å²) < 4.78 is 0. The van der Waals surface area contributed by atoms with Crippen molar-refractivity contribution < 1.29 is 29.1 Å². The normalized spacial score (nSPS) is 16.0. The van der Waals surface area contributed by atoms with Crippen molar-refractivity contribution in [1.29, 1.82) is 0 Å². The van der Waals surface area contributed by atoms with E-state index in [1.54, 1.807) is 24.3 Å². The van der Waals surface area contributed by atoms with E-state index in [0.29, 0.717) is 5.69 Å². The molecule has 0 fully saturated rings. The SMILES string of the molecule is CC(C)C[C@H](NC(=O)[C@H]1Cc2c([nH]c3ccccc23)CN1C(=O)Nc1ccccc1)C(=O)N[C@@H](CC(=O)O)C(N)=O. The number of carbonyl (C=O) groups is 5. The molecule has 1 aromatic heterocycles. The number of hydrogen-bond acceptors (Lipinski definition) is 5. The molecule has 7 N–H and O–H groups in total. The number of rotatable bonds is 10. The standard InChI is InChI=1S/C29H34N6O6/c1-16(2)12-22(27(39)33-21(26(30)38)14-25(36)37)34-28(40)24-13-19-18-10-6-7-11-20(18)32-23(19)15-35(24)29(41)31-17-8-4-3-5-9-17/h3-11,16,21-22,24,32H,12-15H2,1-2H3,(H2,30,38)(H,31,41)(H,33,39)(H,34,40)(H,36,37)/t21-,22-,24+/m0/s1. The van der Waals surface area contributed by atoms with Gasteiger partial charge >= 0.3 is 12.0 Å². The molecule has 3 atom stereocenters. The molecule has 1 aliphatic rings. The number of nitrogens with zero attached hydrogens (tertiary/aromatic N) is 1. The molecule has 0 spiro atoms. The molecule has 0 saturated carbocycles. The van der Waals surface area contributed by atoms with Crippen LogP contribution >= 0.6 is 0 Å². The minimum absolute atomic E-state index is 0.0402. The first kappa shape index (κ1) is 29.1. The number of carbonyl (C=O) groups excluding carboxylic acids is 4. The third kappa shape index (κ3) is 7.02. The zero-order valence-corrected chi connectivity index (χ0v) is 22.8. The van der Waals surface area contributed by atoms with Crippen molar-refractivity contribution >= 4 is 46.3 Å². The number of aliphatic carboxylic acids is 1. The van der Waals surface area contributed by atoms with Crippen molar-refractivity contribution in [3.05, 3.63) is 65.9 Å². The van der Waals surface area contributed by atoms with Crippen LogP contribution in [0.1, 0.15) is 37.9 Å². The van der Waals surface area contributed by atoms with Crippen LogP contribution in [0.4, 0.5) is 10.5 Å². The van der Waals surface area contributed by atoms with Gasteiger partial charge in [0.15, 0.2) is 0 Å². The molecule has 3 aromatic rings. The van der Waals surface area contributed by atoms with Crippen molar-refractivity contribution in [2.75, 3.05) is 5.32 Å². The Kier molecular flexibility index (Phi) is 8.91. The lowest BCUT2D eigenvalue weighted by atomic mass is 9.95. The van der Waals surface area contributed by atoms with Crippen LogP contribution in [0.5, 0.6) is 0 Å². The zero-order chi connectivity index (χ0) is 29.7. The van der Waals surface area contributed by atoms with Crippen molar-refractivity contribution in [3.63, 3.8) is 0 Å². The molecule has 5 amide bonds. The maximum atomic E-state index is 13.8. The highest BCUT2D eigenvalue weighted by Crippen LogP contribution is 2.31. The van der Waals surface area contributed by atoms with Crippen LogP contribution in [-0.2, 0) is 32.1 Å². The average molecular weight is 563 g/mol. The fourth-order valence-corrected chi connectivity index (χ4v) is 5.01. The van der Waals surface area contributed by atoms with Gasteiger partial charge in [0.25, 0.3) is 0 Å². The molecule has 12 nitrogen and oxygen atoms in total. The lowest BCUT2D eigenvalue weighted by Gasteiger charge is -2.35. The Labute approximate surface area is 236 Å². The quantitative estimate of drug-likeness (QED) is 0.220. The van der Waals surface area contributed by atoms with Gasteiger partial charge < -0.3 is 36.7 Å². The van der Waals surface area contributed by atoms with E-state index in [-0.39, 0.29) is 25.3 Å². The minimum atomic E-state index is -1.44. The second kappa shape index (κ2) is 12.5. The van der Waals surface area contributed by atoms with Crippen LogP contribution in [0.2, 0.25) is 0 Å². The summed E-state index contributed by atoms with van der Waals surface area (Å²) in [6.07, 6.45) is -0.285. The second-order valence-corrected chi connectivity index (χ2v) is 10.5. The number of aromatic nitrogens is 1. The van der Waals surface area contributed by atoms with E-state index in [0.717, 1.165) is 22.2 Å².